The Morgan fingerprint density at radius 2 is 1.68 bits per heavy atom. The first-order valence-electron chi connectivity index (χ1n) is 7.95. The number of halogens is 3. The van der Waals surface area contributed by atoms with E-state index in [9.17, 15) is 27.6 Å². The number of benzene rings is 2. The molecule has 0 spiro atoms. The summed E-state index contributed by atoms with van der Waals surface area (Å²) >= 11 is 0. The average Bonchev–Trinajstić information content (AvgIpc) is 2.93. The normalized spacial score (nSPS) is 19.4. The molecule has 1 fully saturated rings. The first-order chi connectivity index (χ1) is 13.2. The molecule has 0 aromatic heterocycles. The summed E-state index contributed by atoms with van der Waals surface area (Å²) in [6.07, 6.45) is -5.30. The van der Waals surface area contributed by atoms with Crippen LogP contribution in [0.4, 0.5) is 23.7 Å². The molecule has 0 aliphatic carbocycles. The lowest BCUT2D eigenvalue weighted by atomic mass is 10.1. The van der Waals surface area contributed by atoms with E-state index in [1.807, 2.05) is 0 Å². The van der Waals surface area contributed by atoms with E-state index >= 15 is 0 Å². The molecule has 146 valence electrons. The number of amides is 4. The zero-order valence-corrected chi connectivity index (χ0v) is 14.4. The lowest BCUT2D eigenvalue weighted by Crippen LogP contribution is -2.69. The number of ether oxygens (including phenoxy) is 1. The van der Waals surface area contributed by atoms with Gasteiger partial charge in [0.25, 0.3) is 17.5 Å². The Kier molecular flexibility index (Phi) is 4.72. The number of nitrogens with one attached hydrogen (secondary N) is 2. The summed E-state index contributed by atoms with van der Waals surface area (Å²) in [5.41, 5.74) is -3.91. The fourth-order valence-corrected chi connectivity index (χ4v) is 2.76. The third-order valence-electron chi connectivity index (χ3n) is 4.11. The van der Waals surface area contributed by atoms with Crippen molar-refractivity contribution in [3.63, 3.8) is 0 Å². The van der Waals surface area contributed by atoms with E-state index in [0.29, 0.717) is 4.90 Å². The summed E-state index contributed by atoms with van der Waals surface area (Å²) in [5.74, 6) is -2.90. The molecule has 1 aliphatic rings. The first kappa shape index (κ1) is 19.2. The van der Waals surface area contributed by atoms with Crippen LogP contribution in [0.5, 0.6) is 5.75 Å². The zero-order chi connectivity index (χ0) is 20.5. The number of para-hydroxylation sites is 2. The number of carbonyl (C=O) groups excluding carboxylic acids is 3. The predicted molar refractivity (Wildman–Crippen MR) is 91.7 cm³/mol. The molecule has 0 saturated carbocycles. The number of hydrogen-bond donors (Lipinski definition) is 2. The first-order valence-corrected chi connectivity index (χ1v) is 7.95. The van der Waals surface area contributed by atoms with Crippen molar-refractivity contribution in [2.75, 3.05) is 12.0 Å². The number of nitrogens with zero attached hydrogens (tertiary/aromatic N) is 1. The van der Waals surface area contributed by atoms with E-state index in [1.54, 1.807) is 16.7 Å². The van der Waals surface area contributed by atoms with Crippen LogP contribution >= 0.6 is 0 Å². The van der Waals surface area contributed by atoms with Gasteiger partial charge in [0.05, 0.1) is 18.4 Å². The second-order valence-electron chi connectivity index (χ2n) is 5.81. The summed E-state index contributed by atoms with van der Waals surface area (Å²) in [5, 5.41) is 3.22. The standard InChI is InChI=1S/C18H14F3N3O4/c1-28-13-10-6-5-9-12(13)14(25)22-17(18(19,20)21)15(26)24(16(27)23-17)11-7-3-2-4-8-11/h2-10H,1H3,(H,22,25)(H,23,27)/t17-/m0/s1. The summed E-state index contributed by atoms with van der Waals surface area (Å²) < 4.78 is 46.6. The van der Waals surface area contributed by atoms with Crippen molar-refractivity contribution in [1.29, 1.82) is 0 Å². The Bertz CT molecular complexity index is 933. The van der Waals surface area contributed by atoms with Crippen molar-refractivity contribution in [3.8, 4) is 5.75 Å². The molecule has 1 heterocycles. The lowest BCUT2D eigenvalue weighted by Gasteiger charge is -2.30. The van der Waals surface area contributed by atoms with Crippen LogP contribution in [0.25, 0.3) is 0 Å². The molecule has 28 heavy (non-hydrogen) atoms. The third kappa shape index (κ3) is 3.02. The van der Waals surface area contributed by atoms with Crippen LogP contribution in [0.1, 0.15) is 10.4 Å². The maximum Gasteiger partial charge on any atom is 0.440 e. The molecule has 2 aromatic rings. The molecule has 0 radical (unpaired) electrons. The Morgan fingerprint density at radius 1 is 1.07 bits per heavy atom. The summed E-state index contributed by atoms with van der Waals surface area (Å²) in [4.78, 5) is 37.7. The molecule has 10 heteroatoms. The number of carbonyl (C=O) groups is 3. The Morgan fingerprint density at radius 3 is 2.29 bits per heavy atom. The van der Waals surface area contributed by atoms with Gasteiger partial charge >= 0.3 is 12.2 Å². The molecule has 2 N–H and O–H groups in total. The van der Waals surface area contributed by atoms with E-state index in [4.69, 9.17) is 4.74 Å². The van der Waals surface area contributed by atoms with Gasteiger partial charge in [-0.3, -0.25) is 14.9 Å². The molecule has 1 saturated heterocycles. The lowest BCUT2D eigenvalue weighted by molar-refractivity contribution is -0.197. The number of hydrogen-bond acceptors (Lipinski definition) is 4. The molecular weight excluding hydrogens is 379 g/mol. The zero-order valence-electron chi connectivity index (χ0n) is 14.4. The average molecular weight is 393 g/mol. The van der Waals surface area contributed by atoms with E-state index in [2.05, 4.69) is 0 Å². The van der Waals surface area contributed by atoms with E-state index < -0.39 is 29.7 Å². The molecule has 0 unspecified atom stereocenters. The number of imide groups is 1. The Balaban J connectivity index is 2.02. The number of alkyl halides is 3. The largest absolute Gasteiger partial charge is 0.496 e. The monoisotopic (exact) mass is 393 g/mol. The molecule has 0 bridgehead atoms. The minimum atomic E-state index is -5.30. The molecule has 7 nitrogen and oxygen atoms in total. The highest BCUT2D eigenvalue weighted by Gasteiger charge is 2.69. The highest BCUT2D eigenvalue weighted by Crippen LogP contribution is 2.36. The molecule has 2 aromatic carbocycles. The van der Waals surface area contributed by atoms with Crippen LogP contribution in [0.15, 0.2) is 54.6 Å². The number of rotatable bonds is 4. The minimum absolute atomic E-state index is 0.00834. The second-order valence-corrected chi connectivity index (χ2v) is 5.81. The molecule has 3 rings (SSSR count). The van der Waals surface area contributed by atoms with Gasteiger partial charge < -0.3 is 10.1 Å². The van der Waals surface area contributed by atoms with Crippen LogP contribution in [-0.2, 0) is 4.79 Å². The quantitative estimate of drug-likeness (QED) is 0.782. The highest BCUT2D eigenvalue weighted by molar-refractivity contribution is 6.24. The fourth-order valence-electron chi connectivity index (χ4n) is 2.76. The topological polar surface area (TPSA) is 87.7 Å². The smallest absolute Gasteiger partial charge is 0.440 e. The van der Waals surface area contributed by atoms with Gasteiger partial charge in [-0.2, -0.15) is 13.2 Å². The van der Waals surface area contributed by atoms with Gasteiger partial charge in [-0.25, -0.2) is 9.69 Å². The second kappa shape index (κ2) is 6.87. The number of urea groups is 1. The van der Waals surface area contributed by atoms with Crippen LogP contribution in [-0.4, -0.2) is 36.8 Å². The van der Waals surface area contributed by atoms with Crippen LogP contribution in [0, 0.1) is 0 Å². The summed E-state index contributed by atoms with van der Waals surface area (Å²) in [6.45, 7) is 0. The highest BCUT2D eigenvalue weighted by atomic mass is 19.4. The van der Waals surface area contributed by atoms with Gasteiger partial charge in [0.15, 0.2) is 0 Å². The maximum absolute atomic E-state index is 13.9. The van der Waals surface area contributed by atoms with Crippen molar-refractivity contribution < 1.29 is 32.3 Å². The minimum Gasteiger partial charge on any atom is -0.496 e. The van der Waals surface area contributed by atoms with Crippen molar-refractivity contribution in [3.05, 3.63) is 60.2 Å². The Hall–Kier alpha value is -3.56. The van der Waals surface area contributed by atoms with Gasteiger partial charge in [-0.15, -0.1) is 0 Å². The van der Waals surface area contributed by atoms with Crippen LogP contribution in [0.3, 0.4) is 0 Å². The Labute approximate surface area is 157 Å². The SMILES string of the molecule is COc1ccccc1C(=O)N[C@]1(C(F)(F)F)NC(=O)N(c2ccccc2)C1=O. The van der Waals surface area contributed by atoms with Crippen LogP contribution in [0.2, 0.25) is 0 Å². The van der Waals surface area contributed by atoms with E-state index in [1.165, 1.54) is 55.6 Å². The van der Waals surface area contributed by atoms with Crippen LogP contribution < -0.4 is 20.3 Å². The number of anilines is 1. The van der Waals surface area contributed by atoms with Gasteiger partial charge in [0, 0.05) is 0 Å². The van der Waals surface area contributed by atoms with Crippen molar-refractivity contribution in [2.24, 2.45) is 0 Å². The van der Waals surface area contributed by atoms with Gasteiger partial charge in [-0.1, -0.05) is 30.3 Å². The van der Waals surface area contributed by atoms with Crippen molar-refractivity contribution in [1.82, 2.24) is 10.6 Å². The van der Waals surface area contributed by atoms with E-state index in [0.717, 1.165) is 0 Å². The molecule has 1 aliphatic heterocycles. The molecule has 4 amide bonds. The van der Waals surface area contributed by atoms with Gasteiger partial charge in [0.1, 0.15) is 5.75 Å². The molecule has 1 atom stereocenters. The third-order valence-corrected chi connectivity index (χ3v) is 4.11. The van der Waals surface area contributed by atoms with Crippen molar-refractivity contribution in [2.45, 2.75) is 11.8 Å². The fraction of sp³-hybridized carbons (Fsp3) is 0.167. The summed E-state index contributed by atoms with van der Waals surface area (Å²) in [6, 6.07) is 11.3. The van der Waals surface area contributed by atoms with Crippen molar-refractivity contribution >= 4 is 23.5 Å². The van der Waals surface area contributed by atoms with E-state index in [-0.39, 0.29) is 17.0 Å². The van der Waals surface area contributed by atoms with Gasteiger partial charge in [0.2, 0.25) is 0 Å². The molecular formula is C18H14F3N3O4. The number of methoxy groups -OCH3 is 1. The van der Waals surface area contributed by atoms with Gasteiger partial charge in [-0.05, 0) is 24.3 Å². The maximum atomic E-state index is 13.9. The summed E-state index contributed by atoms with van der Waals surface area (Å²) in [7, 11) is 1.24. The predicted octanol–water partition coefficient (Wildman–Crippen LogP) is 2.44.